The standard InChI is InChI=1S/C22H25N5O3/c1-15-7-9-16(10-8-15)21-24-26-27(25-21)14-19(28)23-11-12-29-18-6-4-5-17-13-22(2,3)30-20(17)18/h4-10H,11-14H2,1-3H3,(H,23,28). The highest BCUT2D eigenvalue weighted by molar-refractivity contribution is 5.75. The van der Waals surface area contributed by atoms with Gasteiger partial charge in [0, 0.05) is 17.5 Å². The highest BCUT2D eigenvalue weighted by Crippen LogP contribution is 2.41. The molecule has 8 heteroatoms. The summed E-state index contributed by atoms with van der Waals surface area (Å²) in [5.74, 6) is 1.78. The quantitative estimate of drug-likeness (QED) is 0.606. The van der Waals surface area contributed by atoms with Crippen molar-refractivity contribution in [2.75, 3.05) is 13.2 Å². The second kappa shape index (κ2) is 8.14. The molecule has 1 aromatic heterocycles. The zero-order valence-electron chi connectivity index (χ0n) is 17.4. The minimum absolute atomic E-state index is 0.00308. The van der Waals surface area contributed by atoms with E-state index >= 15 is 0 Å². The van der Waals surface area contributed by atoms with Crippen molar-refractivity contribution in [3.63, 3.8) is 0 Å². The Morgan fingerprint density at radius 3 is 2.83 bits per heavy atom. The topological polar surface area (TPSA) is 91.2 Å². The number of para-hydroxylation sites is 1. The molecule has 0 fully saturated rings. The van der Waals surface area contributed by atoms with Gasteiger partial charge in [0.15, 0.2) is 11.5 Å². The monoisotopic (exact) mass is 407 g/mol. The zero-order chi connectivity index (χ0) is 21.1. The first-order valence-electron chi connectivity index (χ1n) is 9.95. The molecule has 0 aliphatic carbocycles. The van der Waals surface area contributed by atoms with Crippen LogP contribution in [0.2, 0.25) is 0 Å². The molecular weight excluding hydrogens is 382 g/mol. The van der Waals surface area contributed by atoms with Crippen molar-refractivity contribution in [3.05, 3.63) is 53.6 Å². The van der Waals surface area contributed by atoms with Crippen molar-refractivity contribution in [3.8, 4) is 22.9 Å². The van der Waals surface area contributed by atoms with Gasteiger partial charge in [0.1, 0.15) is 18.8 Å². The minimum Gasteiger partial charge on any atom is -0.488 e. The van der Waals surface area contributed by atoms with E-state index in [-0.39, 0.29) is 18.1 Å². The van der Waals surface area contributed by atoms with E-state index in [1.165, 1.54) is 4.80 Å². The Hall–Kier alpha value is -3.42. The summed E-state index contributed by atoms with van der Waals surface area (Å²) < 4.78 is 11.8. The van der Waals surface area contributed by atoms with Crippen LogP contribution in [0.15, 0.2) is 42.5 Å². The number of hydrogen-bond acceptors (Lipinski definition) is 6. The lowest BCUT2D eigenvalue weighted by molar-refractivity contribution is -0.122. The van der Waals surface area contributed by atoms with E-state index in [0.717, 1.165) is 28.9 Å². The number of amides is 1. The summed E-state index contributed by atoms with van der Waals surface area (Å²) in [5.41, 5.74) is 2.94. The van der Waals surface area contributed by atoms with Gasteiger partial charge in [0.2, 0.25) is 11.7 Å². The molecule has 0 bridgehead atoms. The van der Waals surface area contributed by atoms with E-state index in [2.05, 4.69) is 40.6 Å². The summed E-state index contributed by atoms with van der Waals surface area (Å²) in [4.78, 5) is 13.4. The Morgan fingerprint density at radius 2 is 2.03 bits per heavy atom. The molecule has 0 unspecified atom stereocenters. The fourth-order valence-electron chi connectivity index (χ4n) is 3.37. The fourth-order valence-corrected chi connectivity index (χ4v) is 3.37. The lowest BCUT2D eigenvalue weighted by atomic mass is 10.0. The molecule has 3 aromatic rings. The molecule has 156 valence electrons. The van der Waals surface area contributed by atoms with Crippen LogP contribution in [0.3, 0.4) is 0 Å². The first-order valence-corrected chi connectivity index (χ1v) is 9.95. The van der Waals surface area contributed by atoms with Crippen LogP contribution < -0.4 is 14.8 Å². The number of fused-ring (bicyclic) bond motifs is 1. The Kier molecular flexibility index (Phi) is 5.39. The normalized spacial score (nSPS) is 14.1. The van der Waals surface area contributed by atoms with Gasteiger partial charge in [-0.25, -0.2) is 0 Å². The highest BCUT2D eigenvalue weighted by atomic mass is 16.5. The summed E-state index contributed by atoms with van der Waals surface area (Å²) in [6.07, 6.45) is 0.853. The summed E-state index contributed by atoms with van der Waals surface area (Å²) >= 11 is 0. The third kappa shape index (κ3) is 4.59. The SMILES string of the molecule is Cc1ccc(-c2nnn(CC(=O)NCCOc3cccc4c3OC(C)(C)C4)n2)cc1. The van der Waals surface area contributed by atoms with Gasteiger partial charge in [0.25, 0.3) is 0 Å². The summed E-state index contributed by atoms with van der Waals surface area (Å²) in [6, 6.07) is 13.7. The third-order valence-electron chi connectivity index (χ3n) is 4.78. The number of carbonyl (C=O) groups excluding carboxylic acids is 1. The number of ether oxygens (including phenoxy) is 2. The van der Waals surface area contributed by atoms with Crippen LogP contribution in [-0.4, -0.2) is 44.9 Å². The van der Waals surface area contributed by atoms with Gasteiger partial charge in [-0.15, -0.1) is 10.2 Å². The van der Waals surface area contributed by atoms with Crippen LogP contribution >= 0.6 is 0 Å². The van der Waals surface area contributed by atoms with Crippen LogP contribution in [-0.2, 0) is 17.8 Å². The Morgan fingerprint density at radius 1 is 1.23 bits per heavy atom. The van der Waals surface area contributed by atoms with E-state index < -0.39 is 0 Å². The Labute approximate surface area is 175 Å². The molecule has 1 N–H and O–H groups in total. The van der Waals surface area contributed by atoms with Crippen molar-refractivity contribution in [2.24, 2.45) is 0 Å². The second-order valence-corrected chi connectivity index (χ2v) is 7.99. The molecule has 2 aromatic carbocycles. The first-order chi connectivity index (χ1) is 14.4. The number of hydrogen-bond donors (Lipinski definition) is 1. The van der Waals surface area contributed by atoms with Gasteiger partial charge in [-0.1, -0.05) is 42.0 Å². The predicted molar refractivity (Wildman–Crippen MR) is 111 cm³/mol. The molecule has 0 spiro atoms. The zero-order valence-corrected chi connectivity index (χ0v) is 17.4. The van der Waals surface area contributed by atoms with Crippen LogP contribution in [0.4, 0.5) is 0 Å². The molecule has 0 saturated carbocycles. The van der Waals surface area contributed by atoms with Crippen molar-refractivity contribution < 1.29 is 14.3 Å². The maximum Gasteiger partial charge on any atom is 0.243 e. The van der Waals surface area contributed by atoms with Gasteiger partial charge in [-0.05, 0) is 32.1 Å². The lowest BCUT2D eigenvalue weighted by Gasteiger charge is -2.18. The molecule has 0 atom stereocenters. The molecule has 8 nitrogen and oxygen atoms in total. The van der Waals surface area contributed by atoms with Crippen molar-refractivity contribution in [1.82, 2.24) is 25.5 Å². The summed E-state index contributed by atoms with van der Waals surface area (Å²) in [5, 5.41) is 15.0. The highest BCUT2D eigenvalue weighted by Gasteiger charge is 2.32. The molecule has 0 radical (unpaired) electrons. The molecule has 0 saturated heterocycles. The summed E-state index contributed by atoms with van der Waals surface area (Å²) in [7, 11) is 0. The van der Waals surface area contributed by atoms with E-state index in [9.17, 15) is 4.79 Å². The maximum absolute atomic E-state index is 12.2. The third-order valence-corrected chi connectivity index (χ3v) is 4.78. The Bertz CT molecular complexity index is 1040. The van der Waals surface area contributed by atoms with Crippen molar-refractivity contribution in [2.45, 2.75) is 39.3 Å². The average molecular weight is 407 g/mol. The van der Waals surface area contributed by atoms with Gasteiger partial charge in [-0.3, -0.25) is 4.79 Å². The maximum atomic E-state index is 12.2. The predicted octanol–water partition coefficient (Wildman–Crippen LogP) is 2.56. The van der Waals surface area contributed by atoms with Crippen LogP contribution in [0, 0.1) is 6.92 Å². The van der Waals surface area contributed by atoms with Crippen LogP contribution in [0.5, 0.6) is 11.5 Å². The average Bonchev–Trinajstić information content (AvgIpc) is 3.28. The number of rotatable bonds is 7. The number of benzene rings is 2. The molecule has 1 aliphatic heterocycles. The van der Waals surface area contributed by atoms with E-state index in [1.54, 1.807) is 0 Å². The van der Waals surface area contributed by atoms with E-state index in [4.69, 9.17) is 9.47 Å². The van der Waals surface area contributed by atoms with Gasteiger partial charge in [0.05, 0.1) is 6.54 Å². The smallest absolute Gasteiger partial charge is 0.243 e. The number of tetrazole rings is 1. The van der Waals surface area contributed by atoms with E-state index in [1.807, 2.05) is 43.3 Å². The molecule has 1 amide bonds. The lowest BCUT2D eigenvalue weighted by Crippen LogP contribution is -2.32. The second-order valence-electron chi connectivity index (χ2n) is 7.99. The van der Waals surface area contributed by atoms with E-state index in [0.29, 0.717) is 24.7 Å². The Balaban J connectivity index is 1.25. The number of nitrogens with one attached hydrogen (secondary N) is 1. The minimum atomic E-state index is -0.224. The number of nitrogens with zero attached hydrogens (tertiary/aromatic N) is 4. The summed E-state index contributed by atoms with van der Waals surface area (Å²) in [6.45, 7) is 6.83. The number of aryl methyl sites for hydroxylation is 1. The number of aromatic nitrogens is 4. The number of carbonyl (C=O) groups is 1. The molecule has 4 rings (SSSR count). The van der Waals surface area contributed by atoms with Crippen LogP contribution in [0.25, 0.3) is 11.4 Å². The van der Waals surface area contributed by atoms with Crippen molar-refractivity contribution >= 4 is 5.91 Å². The van der Waals surface area contributed by atoms with Crippen molar-refractivity contribution in [1.29, 1.82) is 0 Å². The largest absolute Gasteiger partial charge is 0.488 e. The molecular formula is C22H25N5O3. The van der Waals surface area contributed by atoms with Gasteiger partial charge < -0.3 is 14.8 Å². The first kappa shape index (κ1) is 19.9. The molecule has 1 aliphatic rings. The fraction of sp³-hybridized carbons (Fsp3) is 0.364. The van der Waals surface area contributed by atoms with Gasteiger partial charge >= 0.3 is 0 Å². The molecule has 2 heterocycles. The molecule has 30 heavy (non-hydrogen) atoms. The van der Waals surface area contributed by atoms with Gasteiger partial charge in [-0.2, -0.15) is 4.80 Å². The van der Waals surface area contributed by atoms with Crippen LogP contribution in [0.1, 0.15) is 25.0 Å².